The first-order valence-electron chi connectivity index (χ1n) is 18.3. The van der Waals surface area contributed by atoms with E-state index >= 15 is 0 Å². The monoisotopic (exact) mass is 676 g/mol. The van der Waals surface area contributed by atoms with Gasteiger partial charge in [0.05, 0.1) is 11.4 Å². The lowest BCUT2D eigenvalue weighted by atomic mass is 9.80. The van der Waals surface area contributed by atoms with Crippen LogP contribution in [0.5, 0.6) is 0 Å². The molecule has 9 aromatic rings. The number of aromatic nitrogens is 2. The zero-order valence-electron chi connectivity index (χ0n) is 29.7. The average molecular weight is 677 g/mol. The van der Waals surface area contributed by atoms with Gasteiger partial charge >= 0.3 is 0 Å². The Morgan fingerprint density at radius 2 is 0.811 bits per heavy atom. The molecule has 0 N–H and O–H groups in total. The Balaban J connectivity index is 1.23. The van der Waals surface area contributed by atoms with Crippen molar-refractivity contribution in [2.24, 2.45) is 0 Å². The SMILES string of the molecule is CC1(C)c2ccc(-c3ccc4c(-c5ccccc5)c5ccccc5c(-c5ccccc5)c4c3)cc2-c2nc(-c3ccccc3)nc(-c3ccccc3)c21. The predicted octanol–water partition coefficient (Wildman–Crippen LogP) is 13.4. The van der Waals surface area contributed by atoms with Gasteiger partial charge in [0, 0.05) is 27.7 Å². The molecule has 0 atom stereocenters. The lowest BCUT2D eigenvalue weighted by molar-refractivity contribution is 0.658. The maximum atomic E-state index is 5.35. The third kappa shape index (κ3) is 5.02. The van der Waals surface area contributed by atoms with Crippen LogP contribution < -0.4 is 0 Å². The molecular weight excluding hydrogens is 641 g/mol. The van der Waals surface area contributed by atoms with Crippen LogP contribution in [0.4, 0.5) is 0 Å². The lowest BCUT2D eigenvalue weighted by Gasteiger charge is -2.24. The van der Waals surface area contributed by atoms with Crippen LogP contribution in [0.15, 0.2) is 182 Å². The first-order valence-corrected chi connectivity index (χ1v) is 18.3. The number of hydrogen-bond donors (Lipinski definition) is 0. The Labute approximate surface area is 310 Å². The molecule has 2 nitrogen and oxygen atoms in total. The van der Waals surface area contributed by atoms with E-state index in [2.05, 4.69) is 190 Å². The molecule has 0 amide bonds. The van der Waals surface area contributed by atoms with Crippen LogP contribution in [0.1, 0.15) is 25.0 Å². The Morgan fingerprint density at radius 1 is 0.358 bits per heavy atom. The Kier molecular flexibility index (Phi) is 7.19. The van der Waals surface area contributed by atoms with E-state index in [1.165, 1.54) is 71.6 Å². The molecule has 1 aromatic heterocycles. The van der Waals surface area contributed by atoms with E-state index in [1.54, 1.807) is 0 Å². The van der Waals surface area contributed by atoms with Gasteiger partial charge in [0.25, 0.3) is 0 Å². The zero-order chi connectivity index (χ0) is 35.5. The first kappa shape index (κ1) is 31.1. The van der Waals surface area contributed by atoms with Crippen LogP contribution in [0, 0.1) is 0 Å². The quantitative estimate of drug-likeness (QED) is 0.170. The molecule has 1 heterocycles. The van der Waals surface area contributed by atoms with E-state index in [4.69, 9.17) is 9.97 Å². The summed E-state index contributed by atoms with van der Waals surface area (Å²) in [7, 11) is 0. The summed E-state index contributed by atoms with van der Waals surface area (Å²) in [6.07, 6.45) is 0. The summed E-state index contributed by atoms with van der Waals surface area (Å²) in [5.74, 6) is 0.746. The van der Waals surface area contributed by atoms with Gasteiger partial charge in [0.2, 0.25) is 0 Å². The van der Waals surface area contributed by atoms with Crippen LogP contribution in [0.3, 0.4) is 0 Å². The highest BCUT2D eigenvalue weighted by Gasteiger charge is 2.40. The second-order valence-corrected chi connectivity index (χ2v) is 14.5. The van der Waals surface area contributed by atoms with Gasteiger partial charge < -0.3 is 0 Å². The van der Waals surface area contributed by atoms with Crippen molar-refractivity contribution in [3.63, 3.8) is 0 Å². The van der Waals surface area contributed by atoms with Crippen LogP contribution >= 0.6 is 0 Å². The molecule has 0 fully saturated rings. The maximum absolute atomic E-state index is 5.35. The molecule has 1 aliphatic rings. The van der Waals surface area contributed by atoms with Crippen molar-refractivity contribution in [3.05, 3.63) is 193 Å². The number of rotatable bonds is 5. The van der Waals surface area contributed by atoms with Crippen molar-refractivity contribution in [2.45, 2.75) is 19.3 Å². The molecule has 10 rings (SSSR count). The minimum absolute atomic E-state index is 0.281. The largest absolute Gasteiger partial charge is 0.228 e. The van der Waals surface area contributed by atoms with E-state index in [0.29, 0.717) is 0 Å². The average Bonchev–Trinajstić information content (AvgIpc) is 3.45. The molecule has 0 saturated heterocycles. The molecule has 53 heavy (non-hydrogen) atoms. The van der Waals surface area contributed by atoms with Crippen molar-refractivity contribution < 1.29 is 0 Å². The Morgan fingerprint density at radius 3 is 1.42 bits per heavy atom. The number of fused-ring (bicyclic) bond motifs is 5. The third-order valence-electron chi connectivity index (χ3n) is 11.0. The van der Waals surface area contributed by atoms with Gasteiger partial charge in [-0.2, -0.15) is 0 Å². The molecule has 0 saturated carbocycles. The van der Waals surface area contributed by atoms with E-state index in [1.807, 2.05) is 6.07 Å². The fourth-order valence-electron chi connectivity index (χ4n) is 8.56. The van der Waals surface area contributed by atoms with Gasteiger partial charge in [0.15, 0.2) is 5.82 Å². The van der Waals surface area contributed by atoms with Crippen LogP contribution in [0.25, 0.3) is 88.8 Å². The Bertz CT molecular complexity index is 2820. The zero-order valence-corrected chi connectivity index (χ0v) is 29.7. The highest BCUT2D eigenvalue weighted by atomic mass is 14.9. The molecule has 1 aliphatic carbocycles. The normalized spacial score (nSPS) is 12.9. The molecule has 0 bridgehead atoms. The number of hydrogen-bond acceptors (Lipinski definition) is 2. The van der Waals surface area contributed by atoms with E-state index < -0.39 is 0 Å². The topological polar surface area (TPSA) is 25.8 Å². The number of benzene rings is 8. The fourth-order valence-corrected chi connectivity index (χ4v) is 8.56. The Hall–Kier alpha value is -6.64. The summed E-state index contributed by atoms with van der Waals surface area (Å²) in [6.45, 7) is 4.63. The summed E-state index contributed by atoms with van der Waals surface area (Å²) in [4.78, 5) is 10.6. The molecule has 250 valence electrons. The van der Waals surface area contributed by atoms with E-state index in [9.17, 15) is 0 Å². The van der Waals surface area contributed by atoms with Gasteiger partial charge in [-0.25, -0.2) is 9.97 Å². The molecule has 8 aromatic carbocycles. The minimum atomic E-state index is -0.281. The minimum Gasteiger partial charge on any atom is -0.228 e. The summed E-state index contributed by atoms with van der Waals surface area (Å²) in [5.41, 5.74) is 14.8. The van der Waals surface area contributed by atoms with Crippen LogP contribution in [-0.2, 0) is 5.41 Å². The second kappa shape index (κ2) is 12.3. The predicted molar refractivity (Wildman–Crippen MR) is 222 cm³/mol. The number of nitrogens with zero attached hydrogens (tertiary/aromatic N) is 2. The summed E-state index contributed by atoms with van der Waals surface area (Å²) in [6, 6.07) is 65.5. The lowest BCUT2D eigenvalue weighted by Crippen LogP contribution is -2.17. The van der Waals surface area contributed by atoms with Gasteiger partial charge in [-0.3, -0.25) is 0 Å². The van der Waals surface area contributed by atoms with Gasteiger partial charge in [0.1, 0.15) is 0 Å². The molecule has 2 heteroatoms. The third-order valence-corrected chi connectivity index (χ3v) is 11.0. The maximum Gasteiger partial charge on any atom is 0.160 e. The molecule has 0 unspecified atom stereocenters. The van der Waals surface area contributed by atoms with Crippen LogP contribution in [0.2, 0.25) is 0 Å². The first-order chi connectivity index (χ1) is 26.1. The highest BCUT2D eigenvalue weighted by molar-refractivity contribution is 6.22. The van der Waals surface area contributed by atoms with E-state index in [0.717, 1.165) is 28.3 Å². The highest BCUT2D eigenvalue weighted by Crippen LogP contribution is 2.53. The smallest absolute Gasteiger partial charge is 0.160 e. The standard InChI is InChI=1S/C51H36N2/c1-51(2)44-30-28-38(32-43(44)49-47(51)48(35-21-11-5-12-22-35)52-50(53-49)36-23-13-6-14-24-36)37-27-29-41-42(31-37)46(34-19-9-4-10-20-34)40-26-16-15-25-39(40)45(41)33-17-7-3-8-18-33/h3-32H,1-2H3. The van der Waals surface area contributed by atoms with E-state index in [-0.39, 0.29) is 5.41 Å². The molecular formula is C51H36N2. The molecule has 0 spiro atoms. The second-order valence-electron chi connectivity index (χ2n) is 14.5. The summed E-state index contributed by atoms with van der Waals surface area (Å²) < 4.78 is 0. The molecule has 0 radical (unpaired) electrons. The van der Waals surface area contributed by atoms with Crippen molar-refractivity contribution >= 4 is 21.5 Å². The summed E-state index contributed by atoms with van der Waals surface area (Å²) in [5, 5.41) is 5.01. The summed E-state index contributed by atoms with van der Waals surface area (Å²) >= 11 is 0. The van der Waals surface area contributed by atoms with Crippen molar-refractivity contribution in [3.8, 4) is 67.3 Å². The van der Waals surface area contributed by atoms with Gasteiger partial charge in [-0.15, -0.1) is 0 Å². The fraction of sp³-hybridized carbons (Fsp3) is 0.0588. The van der Waals surface area contributed by atoms with Crippen molar-refractivity contribution in [1.82, 2.24) is 9.97 Å². The van der Waals surface area contributed by atoms with Gasteiger partial charge in [-0.1, -0.05) is 184 Å². The van der Waals surface area contributed by atoms with Gasteiger partial charge in [-0.05, 0) is 72.6 Å². The molecule has 0 aliphatic heterocycles. The van der Waals surface area contributed by atoms with Crippen molar-refractivity contribution in [2.75, 3.05) is 0 Å². The van der Waals surface area contributed by atoms with Crippen molar-refractivity contribution in [1.29, 1.82) is 0 Å². The van der Waals surface area contributed by atoms with Crippen LogP contribution in [-0.4, -0.2) is 9.97 Å².